The Labute approximate surface area is 144 Å². The molecule has 0 aliphatic heterocycles. The molecule has 0 radical (unpaired) electrons. The predicted octanol–water partition coefficient (Wildman–Crippen LogP) is 4.49. The summed E-state index contributed by atoms with van der Waals surface area (Å²) in [4.78, 5) is 24.1. The molecular weight excluding hydrogens is 337 g/mol. The predicted molar refractivity (Wildman–Crippen MR) is 91.1 cm³/mol. The number of carbonyl (C=O) groups is 2. The van der Waals surface area contributed by atoms with E-state index in [1.54, 1.807) is 36.4 Å². The Morgan fingerprint density at radius 2 is 1.74 bits per heavy atom. The van der Waals surface area contributed by atoms with E-state index in [9.17, 15) is 9.59 Å². The van der Waals surface area contributed by atoms with E-state index in [1.807, 2.05) is 6.92 Å². The van der Waals surface area contributed by atoms with Crippen LogP contribution in [0.3, 0.4) is 0 Å². The molecule has 0 heterocycles. The minimum Gasteiger partial charge on any atom is -0.449 e. The van der Waals surface area contributed by atoms with Crippen LogP contribution in [0.25, 0.3) is 0 Å². The lowest BCUT2D eigenvalue weighted by molar-refractivity contribution is -0.123. The summed E-state index contributed by atoms with van der Waals surface area (Å²) in [5, 5.41) is 3.37. The van der Waals surface area contributed by atoms with Gasteiger partial charge < -0.3 is 10.1 Å². The van der Waals surface area contributed by atoms with Crippen LogP contribution in [0, 0.1) is 6.92 Å². The number of benzene rings is 2. The van der Waals surface area contributed by atoms with Crippen molar-refractivity contribution in [3.8, 4) is 0 Å². The molecule has 2 aromatic rings. The monoisotopic (exact) mass is 351 g/mol. The molecule has 23 heavy (non-hydrogen) atoms. The van der Waals surface area contributed by atoms with E-state index < -0.39 is 18.0 Å². The van der Waals surface area contributed by atoms with Gasteiger partial charge in [-0.2, -0.15) is 0 Å². The van der Waals surface area contributed by atoms with Gasteiger partial charge in [0.05, 0.1) is 16.3 Å². The second-order valence-electron chi connectivity index (χ2n) is 5.03. The van der Waals surface area contributed by atoms with Gasteiger partial charge in [0.15, 0.2) is 6.10 Å². The standard InChI is InChI=1S/C17H15Cl2NO3/c1-10-3-5-12(6-4-10)17(22)23-11(2)16(21)20-15-9-13(18)7-8-14(15)19/h3-9,11H,1-2H3,(H,20,21)/t11-/m1/s1. The van der Waals surface area contributed by atoms with Gasteiger partial charge >= 0.3 is 5.97 Å². The first kappa shape index (κ1) is 17.3. The lowest BCUT2D eigenvalue weighted by atomic mass is 10.1. The quantitative estimate of drug-likeness (QED) is 0.825. The normalized spacial score (nSPS) is 11.7. The van der Waals surface area contributed by atoms with Crippen LogP contribution in [0.1, 0.15) is 22.8 Å². The summed E-state index contributed by atoms with van der Waals surface area (Å²) in [6, 6.07) is 11.6. The molecule has 0 saturated carbocycles. The first-order valence-corrected chi connectivity index (χ1v) is 7.66. The molecule has 2 rings (SSSR count). The number of hydrogen-bond acceptors (Lipinski definition) is 3. The van der Waals surface area contributed by atoms with E-state index in [4.69, 9.17) is 27.9 Å². The maximum atomic E-state index is 12.1. The second kappa shape index (κ2) is 7.49. The summed E-state index contributed by atoms with van der Waals surface area (Å²) in [5.41, 5.74) is 1.78. The number of amides is 1. The van der Waals surface area contributed by atoms with E-state index >= 15 is 0 Å². The van der Waals surface area contributed by atoms with Crippen LogP contribution >= 0.6 is 23.2 Å². The maximum absolute atomic E-state index is 12.1. The van der Waals surface area contributed by atoms with Crippen molar-refractivity contribution in [1.29, 1.82) is 0 Å². The Bertz CT molecular complexity index is 729. The number of ether oxygens (including phenoxy) is 1. The zero-order chi connectivity index (χ0) is 17.0. The fourth-order valence-corrected chi connectivity index (χ4v) is 2.14. The zero-order valence-corrected chi connectivity index (χ0v) is 14.1. The van der Waals surface area contributed by atoms with Crippen molar-refractivity contribution >= 4 is 40.8 Å². The van der Waals surface area contributed by atoms with E-state index in [1.165, 1.54) is 13.0 Å². The highest BCUT2D eigenvalue weighted by molar-refractivity contribution is 6.35. The topological polar surface area (TPSA) is 55.4 Å². The van der Waals surface area contributed by atoms with Gasteiger partial charge in [-0.15, -0.1) is 0 Å². The van der Waals surface area contributed by atoms with Gasteiger partial charge in [0.2, 0.25) is 0 Å². The molecule has 1 amide bonds. The van der Waals surface area contributed by atoms with Gasteiger partial charge in [-0.05, 0) is 44.2 Å². The number of carbonyl (C=O) groups excluding carboxylic acids is 2. The second-order valence-corrected chi connectivity index (χ2v) is 5.87. The largest absolute Gasteiger partial charge is 0.449 e. The molecule has 0 aliphatic carbocycles. The first-order chi connectivity index (χ1) is 10.9. The lowest BCUT2D eigenvalue weighted by Gasteiger charge is -2.14. The summed E-state index contributed by atoms with van der Waals surface area (Å²) in [6.07, 6.45) is -0.973. The van der Waals surface area contributed by atoms with E-state index in [0.29, 0.717) is 21.3 Å². The summed E-state index contributed by atoms with van der Waals surface area (Å²) in [5.74, 6) is -1.06. The molecule has 2 aromatic carbocycles. The van der Waals surface area contributed by atoms with E-state index in [0.717, 1.165) is 5.56 Å². The molecule has 0 bridgehead atoms. The van der Waals surface area contributed by atoms with Gasteiger partial charge in [-0.3, -0.25) is 4.79 Å². The SMILES string of the molecule is Cc1ccc(C(=O)O[C@H](C)C(=O)Nc2cc(Cl)ccc2Cl)cc1. The maximum Gasteiger partial charge on any atom is 0.338 e. The fraction of sp³-hybridized carbons (Fsp3) is 0.176. The Hall–Kier alpha value is -2.04. The Morgan fingerprint density at radius 3 is 2.39 bits per heavy atom. The smallest absolute Gasteiger partial charge is 0.338 e. The number of anilines is 1. The molecular formula is C17H15Cl2NO3. The Balaban J connectivity index is 2.01. The van der Waals surface area contributed by atoms with E-state index in [2.05, 4.69) is 5.32 Å². The fourth-order valence-electron chi connectivity index (χ4n) is 1.80. The number of rotatable bonds is 4. The molecule has 1 atom stereocenters. The highest BCUT2D eigenvalue weighted by atomic mass is 35.5. The van der Waals surface area contributed by atoms with Crippen LogP contribution in [-0.4, -0.2) is 18.0 Å². The third-order valence-corrected chi connectivity index (χ3v) is 3.69. The average Bonchev–Trinajstić information content (AvgIpc) is 2.51. The van der Waals surface area contributed by atoms with Crippen molar-refractivity contribution < 1.29 is 14.3 Å². The third-order valence-electron chi connectivity index (χ3n) is 3.13. The average molecular weight is 352 g/mol. The minimum atomic E-state index is -0.973. The number of esters is 1. The Kier molecular flexibility index (Phi) is 5.64. The van der Waals surface area contributed by atoms with Gasteiger partial charge in [0, 0.05) is 5.02 Å². The third kappa shape index (κ3) is 4.71. The van der Waals surface area contributed by atoms with Crippen molar-refractivity contribution in [1.82, 2.24) is 0 Å². The highest BCUT2D eigenvalue weighted by Crippen LogP contribution is 2.25. The summed E-state index contributed by atoms with van der Waals surface area (Å²) < 4.78 is 5.15. The molecule has 0 spiro atoms. The van der Waals surface area contributed by atoms with Crippen LogP contribution in [-0.2, 0) is 9.53 Å². The van der Waals surface area contributed by atoms with Gasteiger partial charge in [-0.1, -0.05) is 40.9 Å². The highest BCUT2D eigenvalue weighted by Gasteiger charge is 2.19. The van der Waals surface area contributed by atoms with Gasteiger partial charge in [0.1, 0.15) is 0 Å². The molecule has 0 fully saturated rings. The molecule has 4 nitrogen and oxygen atoms in total. The summed E-state index contributed by atoms with van der Waals surface area (Å²) in [7, 11) is 0. The van der Waals surface area contributed by atoms with Crippen LogP contribution in [0.4, 0.5) is 5.69 Å². The molecule has 6 heteroatoms. The number of halogens is 2. The van der Waals surface area contributed by atoms with Crippen LogP contribution < -0.4 is 5.32 Å². The van der Waals surface area contributed by atoms with Crippen molar-refractivity contribution in [3.05, 3.63) is 63.6 Å². The molecule has 1 N–H and O–H groups in total. The molecule has 0 aliphatic rings. The number of aryl methyl sites for hydroxylation is 1. The Morgan fingerprint density at radius 1 is 1.09 bits per heavy atom. The first-order valence-electron chi connectivity index (χ1n) is 6.90. The summed E-state index contributed by atoms with van der Waals surface area (Å²) in [6.45, 7) is 3.40. The van der Waals surface area contributed by atoms with Crippen molar-refractivity contribution in [2.24, 2.45) is 0 Å². The minimum absolute atomic E-state index is 0.347. The van der Waals surface area contributed by atoms with Crippen LogP contribution in [0.5, 0.6) is 0 Å². The van der Waals surface area contributed by atoms with Gasteiger partial charge in [0.25, 0.3) is 5.91 Å². The van der Waals surface area contributed by atoms with Crippen molar-refractivity contribution in [2.45, 2.75) is 20.0 Å². The zero-order valence-electron chi connectivity index (χ0n) is 12.6. The van der Waals surface area contributed by atoms with Crippen LogP contribution in [0.2, 0.25) is 10.0 Å². The number of hydrogen-bond donors (Lipinski definition) is 1. The molecule has 0 unspecified atom stereocenters. The lowest BCUT2D eigenvalue weighted by Crippen LogP contribution is -2.30. The summed E-state index contributed by atoms with van der Waals surface area (Å²) >= 11 is 11.8. The molecule has 0 aromatic heterocycles. The van der Waals surface area contributed by atoms with Gasteiger partial charge in [-0.25, -0.2) is 4.79 Å². The van der Waals surface area contributed by atoms with E-state index in [-0.39, 0.29) is 0 Å². The van der Waals surface area contributed by atoms with Crippen molar-refractivity contribution in [2.75, 3.05) is 5.32 Å². The molecule has 120 valence electrons. The van der Waals surface area contributed by atoms with Crippen LogP contribution in [0.15, 0.2) is 42.5 Å². The number of nitrogens with one attached hydrogen (secondary N) is 1. The molecule has 0 saturated heterocycles. The van der Waals surface area contributed by atoms with Crippen molar-refractivity contribution in [3.63, 3.8) is 0 Å².